The van der Waals surface area contributed by atoms with Crippen molar-refractivity contribution in [3.8, 4) is 11.5 Å². The molecule has 21 heavy (non-hydrogen) atoms. The first kappa shape index (κ1) is 15.3. The van der Waals surface area contributed by atoms with Gasteiger partial charge in [-0.05, 0) is 48.5 Å². The maximum absolute atomic E-state index is 12.9. The van der Waals surface area contributed by atoms with E-state index in [0.717, 1.165) is 17.9 Å². The third-order valence-corrected chi connectivity index (χ3v) is 3.20. The average Bonchev–Trinajstić information content (AvgIpc) is 2.53. The molecule has 0 heterocycles. The first-order chi connectivity index (χ1) is 10.2. The van der Waals surface area contributed by atoms with Crippen LogP contribution in [0.3, 0.4) is 0 Å². The lowest BCUT2D eigenvalue weighted by Crippen LogP contribution is -2.26. The van der Waals surface area contributed by atoms with E-state index in [9.17, 15) is 4.39 Å². The fraction of sp³-hybridized carbons (Fsp3) is 0.294. The molecule has 0 aliphatic carbocycles. The van der Waals surface area contributed by atoms with Gasteiger partial charge in [-0.3, -0.25) is 0 Å². The summed E-state index contributed by atoms with van der Waals surface area (Å²) in [5, 5.41) is 3.38. The van der Waals surface area contributed by atoms with E-state index in [-0.39, 0.29) is 11.9 Å². The minimum absolute atomic E-state index is 0.0750. The quantitative estimate of drug-likeness (QED) is 0.845. The number of benzene rings is 2. The Morgan fingerprint density at radius 1 is 1.00 bits per heavy atom. The van der Waals surface area contributed by atoms with Gasteiger partial charge in [0.25, 0.3) is 0 Å². The molecule has 0 radical (unpaired) electrons. The molecule has 1 N–H and O–H groups in total. The van der Waals surface area contributed by atoms with Crippen molar-refractivity contribution in [2.45, 2.75) is 13.0 Å². The van der Waals surface area contributed by atoms with Gasteiger partial charge in [0.05, 0.1) is 13.2 Å². The summed E-state index contributed by atoms with van der Waals surface area (Å²) in [7, 11) is 1.65. The minimum atomic E-state index is -0.263. The van der Waals surface area contributed by atoms with E-state index in [1.54, 1.807) is 19.2 Å². The molecule has 2 aromatic rings. The zero-order chi connectivity index (χ0) is 15.1. The predicted octanol–water partition coefficient (Wildman–Crippen LogP) is 3.56. The Labute approximate surface area is 124 Å². The van der Waals surface area contributed by atoms with Crippen LogP contribution in [0.5, 0.6) is 11.5 Å². The molecule has 2 rings (SSSR count). The first-order valence-corrected chi connectivity index (χ1v) is 6.98. The Morgan fingerprint density at radius 2 is 1.62 bits per heavy atom. The molecule has 1 atom stereocenters. The number of halogens is 1. The maximum Gasteiger partial charge on any atom is 0.123 e. The van der Waals surface area contributed by atoms with Gasteiger partial charge in [-0.25, -0.2) is 4.39 Å². The van der Waals surface area contributed by atoms with Gasteiger partial charge in [0, 0.05) is 0 Å². The molecule has 0 spiro atoms. The normalized spacial score (nSPS) is 12.0. The molecule has 0 saturated carbocycles. The molecule has 0 bridgehead atoms. The van der Waals surface area contributed by atoms with Gasteiger partial charge in [0.1, 0.15) is 23.9 Å². The van der Waals surface area contributed by atoms with E-state index in [0.29, 0.717) is 12.4 Å². The van der Waals surface area contributed by atoms with E-state index in [4.69, 9.17) is 9.47 Å². The largest absolute Gasteiger partial charge is 0.497 e. The first-order valence-electron chi connectivity index (χ1n) is 6.98. The zero-order valence-corrected chi connectivity index (χ0v) is 12.3. The van der Waals surface area contributed by atoms with Gasteiger partial charge in [-0.2, -0.15) is 0 Å². The summed E-state index contributed by atoms with van der Waals surface area (Å²) < 4.78 is 23.8. The van der Waals surface area contributed by atoms with Gasteiger partial charge in [0.2, 0.25) is 0 Å². The van der Waals surface area contributed by atoms with E-state index >= 15 is 0 Å². The lowest BCUT2D eigenvalue weighted by atomic mass is 10.1. The Bertz CT molecular complexity index is 540. The SMILES string of the molecule is CCNC(COc1ccc(F)cc1)c1ccc(OC)cc1. The van der Waals surface area contributed by atoms with Gasteiger partial charge < -0.3 is 14.8 Å². The van der Waals surface area contributed by atoms with Crippen molar-refractivity contribution in [3.05, 3.63) is 59.9 Å². The number of hydrogen-bond acceptors (Lipinski definition) is 3. The Kier molecular flexibility index (Phi) is 5.58. The van der Waals surface area contributed by atoms with Crippen molar-refractivity contribution in [2.24, 2.45) is 0 Å². The summed E-state index contributed by atoms with van der Waals surface area (Å²) in [5.74, 6) is 1.22. The van der Waals surface area contributed by atoms with Gasteiger partial charge in [-0.1, -0.05) is 19.1 Å². The van der Waals surface area contributed by atoms with Gasteiger partial charge in [-0.15, -0.1) is 0 Å². The molecular weight excluding hydrogens is 269 g/mol. The monoisotopic (exact) mass is 289 g/mol. The Balaban J connectivity index is 2.02. The van der Waals surface area contributed by atoms with Crippen molar-refractivity contribution in [2.75, 3.05) is 20.3 Å². The van der Waals surface area contributed by atoms with Crippen molar-refractivity contribution in [3.63, 3.8) is 0 Å². The molecule has 112 valence electrons. The lowest BCUT2D eigenvalue weighted by molar-refractivity contribution is 0.268. The van der Waals surface area contributed by atoms with E-state index in [1.165, 1.54) is 12.1 Å². The molecule has 4 heteroatoms. The summed E-state index contributed by atoms with van der Waals surface area (Å²) in [6, 6.07) is 14.0. The molecule has 0 aliphatic heterocycles. The third kappa shape index (κ3) is 4.46. The van der Waals surface area contributed by atoms with Crippen LogP contribution < -0.4 is 14.8 Å². The highest BCUT2D eigenvalue weighted by atomic mass is 19.1. The smallest absolute Gasteiger partial charge is 0.123 e. The van der Waals surface area contributed by atoms with Crippen molar-refractivity contribution < 1.29 is 13.9 Å². The number of ether oxygens (including phenoxy) is 2. The third-order valence-electron chi connectivity index (χ3n) is 3.20. The molecule has 3 nitrogen and oxygen atoms in total. The Morgan fingerprint density at radius 3 is 2.19 bits per heavy atom. The number of hydrogen-bond donors (Lipinski definition) is 1. The van der Waals surface area contributed by atoms with Crippen molar-refractivity contribution >= 4 is 0 Å². The van der Waals surface area contributed by atoms with Crippen LogP contribution in [0.2, 0.25) is 0 Å². The molecule has 0 fully saturated rings. The summed E-state index contributed by atoms with van der Waals surface area (Å²) in [6.07, 6.45) is 0. The van der Waals surface area contributed by atoms with Crippen LogP contribution in [-0.4, -0.2) is 20.3 Å². The molecule has 1 unspecified atom stereocenters. The summed E-state index contributed by atoms with van der Waals surface area (Å²) in [5.41, 5.74) is 1.12. The molecule has 0 aromatic heterocycles. The standard InChI is InChI=1S/C17H20FNO2/c1-3-19-17(13-4-8-15(20-2)9-5-13)12-21-16-10-6-14(18)7-11-16/h4-11,17,19H,3,12H2,1-2H3. The van der Waals surface area contributed by atoms with Crippen LogP contribution in [0.15, 0.2) is 48.5 Å². The number of rotatable bonds is 7. The van der Waals surface area contributed by atoms with Crippen LogP contribution in [-0.2, 0) is 0 Å². The van der Waals surface area contributed by atoms with Crippen LogP contribution >= 0.6 is 0 Å². The highest BCUT2D eigenvalue weighted by Gasteiger charge is 2.11. The van der Waals surface area contributed by atoms with Crippen molar-refractivity contribution in [1.29, 1.82) is 0 Å². The molecule has 0 amide bonds. The number of likely N-dealkylation sites (N-methyl/N-ethyl adjacent to an activating group) is 1. The maximum atomic E-state index is 12.9. The summed E-state index contributed by atoms with van der Waals surface area (Å²) >= 11 is 0. The van der Waals surface area contributed by atoms with Crippen LogP contribution in [0, 0.1) is 5.82 Å². The highest BCUT2D eigenvalue weighted by Crippen LogP contribution is 2.19. The number of methoxy groups -OCH3 is 1. The average molecular weight is 289 g/mol. The molecule has 0 aliphatic rings. The Hall–Kier alpha value is -2.07. The minimum Gasteiger partial charge on any atom is -0.497 e. The number of nitrogens with one attached hydrogen (secondary N) is 1. The second-order valence-electron chi connectivity index (χ2n) is 4.65. The second-order valence-corrected chi connectivity index (χ2v) is 4.65. The molecule has 2 aromatic carbocycles. The topological polar surface area (TPSA) is 30.5 Å². The van der Waals surface area contributed by atoms with Crippen LogP contribution in [0.25, 0.3) is 0 Å². The van der Waals surface area contributed by atoms with Crippen LogP contribution in [0.4, 0.5) is 4.39 Å². The second kappa shape index (κ2) is 7.64. The summed E-state index contributed by atoms with van der Waals surface area (Å²) in [6.45, 7) is 3.36. The van der Waals surface area contributed by atoms with E-state index < -0.39 is 0 Å². The molecular formula is C17H20FNO2. The molecule has 0 saturated heterocycles. The highest BCUT2D eigenvalue weighted by molar-refractivity contribution is 5.29. The van der Waals surface area contributed by atoms with E-state index in [1.807, 2.05) is 24.3 Å². The fourth-order valence-electron chi connectivity index (χ4n) is 2.07. The van der Waals surface area contributed by atoms with Gasteiger partial charge in [0.15, 0.2) is 0 Å². The van der Waals surface area contributed by atoms with E-state index in [2.05, 4.69) is 12.2 Å². The summed E-state index contributed by atoms with van der Waals surface area (Å²) in [4.78, 5) is 0. The van der Waals surface area contributed by atoms with Crippen molar-refractivity contribution in [1.82, 2.24) is 5.32 Å². The van der Waals surface area contributed by atoms with Gasteiger partial charge >= 0.3 is 0 Å². The predicted molar refractivity (Wildman–Crippen MR) is 81.3 cm³/mol. The van der Waals surface area contributed by atoms with Crippen LogP contribution in [0.1, 0.15) is 18.5 Å². The zero-order valence-electron chi connectivity index (χ0n) is 12.3. The fourth-order valence-corrected chi connectivity index (χ4v) is 2.07. The lowest BCUT2D eigenvalue weighted by Gasteiger charge is -2.19.